The van der Waals surface area contributed by atoms with Crippen LogP contribution in [0.3, 0.4) is 0 Å². The van der Waals surface area contributed by atoms with Gasteiger partial charge < -0.3 is 26.1 Å². The highest BCUT2D eigenvalue weighted by Crippen LogP contribution is 2.33. The standard InChI is InChI=1S/C24H24ClF4N5O2/c25-19-12-32-22(33-17-1-3-36-4-2-17)9-18(19)14-7-20(31-11-14)23(35)34-21(10-30)13-5-15(24(27,28)29)8-16(26)6-13/h5-9,11-12,17,21,31H,1-4,10,30H2,(H,32,33)(H,34,35)/t21-/m1/s1. The summed E-state index contributed by atoms with van der Waals surface area (Å²) in [4.78, 5) is 20.0. The zero-order chi connectivity index (χ0) is 25.9. The van der Waals surface area contributed by atoms with Gasteiger partial charge >= 0.3 is 6.18 Å². The number of amides is 1. The number of alkyl halides is 3. The van der Waals surface area contributed by atoms with Crippen molar-refractivity contribution in [3.8, 4) is 11.1 Å². The number of hydrogen-bond acceptors (Lipinski definition) is 5. The first-order valence-electron chi connectivity index (χ1n) is 11.2. The number of halogens is 5. The Labute approximate surface area is 209 Å². The Kier molecular flexibility index (Phi) is 7.82. The monoisotopic (exact) mass is 525 g/mol. The molecule has 0 unspecified atom stereocenters. The van der Waals surface area contributed by atoms with E-state index in [1.165, 1.54) is 6.20 Å². The highest BCUT2D eigenvalue weighted by atomic mass is 35.5. The zero-order valence-corrected chi connectivity index (χ0v) is 19.7. The van der Waals surface area contributed by atoms with Crippen molar-refractivity contribution in [1.82, 2.24) is 15.3 Å². The Morgan fingerprint density at radius 3 is 2.67 bits per heavy atom. The van der Waals surface area contributed by atoms with Gasteiger partial charge in [0, 0.05) is 49.3 Å². The highest BCUT2D eigenvalue weighted by Gasteiger charge is 2.32. The molecule has 4 rings (SSSR count). The molecule has 36 heavy (non-hydrogen) atoms. The number of ether oxygens (including phenoxy) is 1. The number of hydrogen-bond donors (Lipinski definition) is 4. The molecular formula is C24H24ClF4N5O2. The molecule has 1 saturated heterocycles. The molecule has 1 atom stereocenters. The second-order valence-corrected chi connectivity index (χ2v) is 8.82. The van der Waals surface area contributed by atoms with Gasteiger partial charge in [0.05, 0.1) is 16.6 Å². The molecule has 2 aromatic heterocycles. The van der Waals surface area contributed by atoms with Crippen LogP contribution in [0.4, 0.5) is 23.4 Å². The van der Waals surface area contributed by atoms with Crippen molar-refractivity contribution < 1.29 is 27.1 Å². The fraction of sp³-hybridized carbons (Fsp3) is 0.333. The number of carbonyl (C=O) groups is 1. The molecule has 0 bridgehead atoms. The van der Waals surface area contributed by atoms with Crippen LogP contribution in [0.15, 0.2) is 42.7 Å². The third-order valence-corrected chi connectivity index (χ3v) is 6.16. The summed E-state index contributed by atoms with van der Waals surface area (Å²) in [7, 11) is 0. The van der Waals surface area contributed by atoms with Gasteiger partial charge in [-0.25, -0.2) is 9.37 Å². The van der Waals surface area contributed by atoms with Crippen LogP contribution >= 0.6 is 11.6 Å². The summed E-state index contributed by atoms with van der Waals surface area (Å²) in [5, 5.41) is 6.28. The maximum atomic E-state index is 13.8. The Bertz CT molecular complexity index is 1230. The number of aromatic amines is 1. The number of nitrogens with two attached hydrogens (primary N) is 1. The summed E-state index contributed by atoms with van der Waals surface area (Å²) < 4.78 is 58.5. The van der Waals surface area contributed by atoms with Crippen molar-refractivity contribution in [1.29, 1.82) is 0 Å². The fourth-order valence-corrected chi connectivity index (χ4v) is 4.17. The molecule has 192 valence electrons. The summed E-state index contributed by atoms with van der Waals surface area (Å²) in [6.07, 6.45) is 0.0583. The molecule has 3 aromatic rings. The predicted octanol–water partition coefficient (Wildman–Crippen LogP) is 4.91. The van der Waals surface area contributed by atoms with Gasteiger partial charge in [0.2, 0.25) is 0 Å². The van der Waals surface area contributed by atoms with Crippen molar-refractivity contribution in [2.45, 2.75) is 31.1 Å². The van der Waals surface area contributed by atoms with E-state index in [2.05, 4.69) is 20.6 Å². The van der Waals surface area contributed by atoms with Gasteiger partial charge in [-0.05, 0) is 48.7 Å². The fourth-order valence-electron chi connectivity index (χ4n) is 3.96. The van der Waals surface area contributed by atoms with E-state index in [9.17, 15) is 22.4 Å². The molecule has 1 aliphatic rings. The van der Waals surface area contributed by atoms with E-state index >= 15 is 0 Å². The molecule has 7 nitrogen and oxygen atoms in total. The van der Waals surface area contributed by atoms with Crippen molar-refractivity contribution in [2.24, 2.45) is 5.73 Å². The van der Waals surface area contributed by atoms with E-state index in [4.69, 9.17) is 22.1 Å². The van der Waals surface area contributed by atoms with Gasteiger partial charge in [-0.15, -0.1) is 0 Å². The number of nitrogens with one attached hydrogen (secondary N) is 3. The number of H-pyrrole nitrogens is 1. The zero-order valence-electron chi connectivity index (χ0n) is 19.0. The van der Waals surface area contributed by atoms with E-state index in [1.807, 2.05) is 0 Å². The molecule has 0 radical (unpaired) electrons. The molecule has 0 spiro atoms. The molecule has 1 aliphatic heterocycles. The summed E-state index contributed by atoms with van der Waals surface area (Å²) in [5.74, 6) is -1.07. The van der Waals surface area contributed by atoms with Gasteiger partial charge in [-0.3, -0.25) is 4.79 Å². The Morgan fingerprint density at radius 2 is 1.97 bits per heavy atom. The summed E-state index contributed by atoms with van der Waals surface area (Å²) in [6, 6.07) is 4.58. The van der Waals surface area contributed by atoms with E-state index in [0.29, 0.717) is 41.2 Å². The third kappa shape index (κ3) is 6.15. The third-order valence-electron chi connectivity index (χ3n) is 5.86. The van der Waals surface area contributed by atoms with Crippen LogP contribution in [-0.2, 0) is 10.9 Å². The van der Waals surface area contributed by atoms with Crippen LogP contribution in [0.25, 0.3) is 11.1 Å². The first-order chi connectivity index (χ1) is 17.1. The SMILES string of the molecule is NC[C@@H](NC(=O)c1cc(-c2cc(NC3CCOCC3)ncc2Cl)c[nH]1)c1cc(F)cc(C(F)(F)F)c1. The molecule has 1 aromatic carbocycles. The van der Waals surface area contributed by atoms with Gasteiger partial charge in [0.25, 0.3) is 5.91 Å². The highest BCUT2D eigenvalue weighted by molar-refractivity contribution is 6.33. The minimum atomic E-state index is -4.74. The topological polar surface area (TPSA) is 105 Å². The Hall–Kier alpha value is -3.15. The minimum absolute atomic E-state index is 0.0917. The predicted molar refractivity (Wildman–Crippen MR) is 127 cm³/mol. The average Bonchev–Trinajstić information content (AvgIpc) is 3.33. The number of rotatable bonds is 7. The maximum Gasteiger partial charge on any atom is 0.416 e. The van der Waals surface area contributed by atoms with E-state index in [1.54, 1.807) is 18.3 Å². The molecule has 1 amide bonds. The number of aromatic nitrogens is 2. The molecule has 12 heteroatoms. The van der Waals surface area contributed by atoms with Crippen LogP contribution < -0.4 is 16.4 Å². The second-order valence-electron chi connectivity index (χ2n) is 8.42. The number of anilines is 1. The molecule has 0 saturated carbocycles. The Balaban J connectivity index is 1.51. The van der Waals surface area contributed by atoms with Crippen molar-refractivity contribution in [2.75, 3.05) is 25.1 Å². The normalized spacial score (nSPS) is 15.5. The lowest BCUT2D eigenvalue weighted by molar-refractivity contribution is -0.137. The minimum Gasteiger partial charge on any atom is -0.381 e. The molecule has 3 heterocycles. The van der Waals surface area contributed by atoms with Gasteiger partial charge in [0.15, 0.2) is 0 Å². The van der Waals surface area contributed by atoms with Crippen molar-refractivity contribution in [3.63, 3.8) is 0 Å². The van der Waals surface area contributed by atoms with E-state index in [0.717, 1.165) is 25.0 Å². The first-order valence-corrected chi connectivity index (χ1v) is 11.6. The van der Waals surface area contributed by atoms with Gasteiger partial charge in [-0.1, -0.05) is 11.6 Å². The average molecular weight is 526 g/mol. The smallest absolute Gasteiger partial charge is 0.381 e. The molecule has 5 N–H and O–H groups in total. The van der Waals surface area contributed by atoms with Crippen LogP contribution in [0.5, 0.6) is 0 Å². The maximum absolute atomic E-state index is 13.8. The Morgan fingerprint density at radius 1 is 1.22 bits per heavy atom. The van der Waals surface area contributed by atoms with E-state index < -0.39 is 29.5 Å². The number of carbonyl (C=O) groups excluding carboxylic acids is 1. The number of nitrogens with zero attached hydrogens (tertiary/aromatic N) is 1. The van der Waals surface area contributed by atoms with Crippen LogP contribution in [0, 0.1) is 5.82 Å². The van der Waals surface area contributed by atoms with Crippen molar-refractivity contribution >= 4 is 23.3 Å². The van der Waals surface area contributed by atoms with Gasteiger partial charge in [-0.2, -0.15) is 13.2 Å². The largest absolute Gasteiger partial charge is 0.416 e. The van der Waals surface area contributed by atoms with E-state index in [-0.39, 0.29) is 23.8 Å². The molecule has 0 aliphatic carbocycles. The lowest BCUT2D eigenvalue weighted by Gasteiger charge is -2.23. The number of pyridine rings is 1. The summed E-state index contributed by atoms with van der Waals surface area (Å²) >= 11 is 6.35. The first kappa shape index (κ1) is 25.9. The van der Waals surface area contributed by atoms with Crippen LogP contribution in [0.1, 0.15) is 40.5 Å². The second kappa shape index (κ2) is 10.9. The molecule has 1 fully saturated rings. The van der Waals surface area contributed by atoms with Crippen molar-refractivity contribution in [3.05, 3.63) is 70.4 Å². The number of benzene rings is 1. The van der Waals surface area contributed by atoms with Crippen LogP contribution in [0.2, 0.25) is 5.02 Å². The molecular weight excluding hydrogens is 502 g/mol. The van der Waals surface area contributed by atoms with Gasteiger partial charge in [0.1, 0.15) is 17.3 Å². The summed E-state index contributed by atoms with van der Waals surface area (Å²) in [5.41, 5.74) is 5.80. The summed E-state index contributed by atoms with van der Waals surface area (Å²) in [6.45, 7) is 1.11. The van der Waals surface area contributed by atoms with Crippen LogP contribution in [-0.4, -0.2) is 41.7 Å². The lowest BCUT2D eigenvalue weighted by Crippen LogP contribution is -2.33. The quantitative estimate of drug-likeness (QED) is 0.328. The lowest BCUT2D eigenvalue weighted by atomic mass is 10.0.